The summed E-state index contributed by atoms with van der Waals surface area (Å²) >= 11 is 0. The number of nitrogens with zero attached hydrogens (tertiary/aromatic N) is 3. The molecule has 1 amide bonds. The number of piperidine rings is 1. The number of hydrogen-bond acceptors (Lipinski definition) is 7. The van der Waals surface area contributed by atoms with E-state index in [1.165, 1.54) is 6.07 Å². The SMILES string of the molecule is CCOC1(c2cccnc2)C=CC(C2(NC(=O)CCNC)CCN(c3ccc(C(F)(F)F)cc3C#N)CC2)=CN1. The smallest absolute Gasteiger partial charge is 0.370 e. The Hall–Kier alpha value is -3.88. The van der Waals surface area contributed by atoms with Crippen molar-refractivity contribution in [3.05, 3.63) is 83.3 Å². The topological polar surface area (TPSA) is 102 Å². The number of dihydropyridines is 1. The Morgan fingerprint density at radius 2 is 2.05 bits per heavy atom. The van der Waals surface area contributed by atoms with Gasteiger partial charge in [0.1, 0.15) is 6.07 Å². The van der Waals surface area contributed by atoms with Gasteiger partial charge in [-0.3, -0.25) is 9.78 Å². The summed E-state index contributed by atoms with van der Waals surface area (Å²) in [4.78, 5) is 19.1. The molecule has 1 fully saturated rings. The highest BCUT2D eigenvalue weighted by atomic mass is 19.4. The van der Waals surface area contributed by atoms with E-state index in [2.05, 4.69) is 20.9 Å². The van der Waals surface area contributed by atoms with Crippen LogP contribution in [-0.2, 0) is 21.4 Å². The monoisotopic (exact) mass is 554 g/mol. The number of amides is 1. The molecular weight excluding hydrogens is 521 g/mol. The number of nitrogens with one attached hydrogen (secondary N) is 3. The molecule has 1 atom stereocenters. The summed E-state index contributed by atoms with van der Waals surface area (Å²) in [5.41, 5.74) is -0.385. The van der Waals surface area contributed by atoms with E-state index in [1.807, 2.05) is 48.4 Å². The molecule has 212 valence electrons. The van der Waals surface area contributed by atoms with Gasteiger partial charge in [-0.15, -0.1) is 0 Å². The van der Waals surface area contributed by atoms with Crippen LogP contribution in [0.15, 0.2) is 66.7 Å². The fourth-order valence-electron chi connectivity index (χ4n) is 5.21. The van der Waals surface area contributed by atoms with Gasteiger partial charge in [0.05, 0.1) is 22.4 Å². The second kappa shape index (κ2) is 12.1. The maximum absolute atomic E-state index is 13.2. The molecule has 8 nitrogen and oxygen atoms in total. The molecule has 0 radical (unpaired) electrons. The van der Waals surface area contributed by atoms with Crippen LogP contribution in [0.2, 0.25) is 0 Å². The van der Waals surface area contributed by atoms with Gasteiger partial charge in [-0.05, 0) is 62.7 Å². The van der Waals surface area contributed by atoms with Crippen molar-refractivity contribution in [1.29, 1.82) is 5.26 Å². The summed E-state index contributed by atoms with van der Waals surface area (Å²) in [6.07, 6.45) is 5.88. The average Bonchev–Trinajstić information content (AvgIpc) is 2.96. The van der Waals surface area contributed by atoms with Gasteiger partial charge in [-0.1, -0.05) is 12.1 Å². The third-order valence-electron chi connectivity index (χ3n) is 7.34. The van der Waals surface area contributed by atoms with Crippen molar-refractivity contribution in [2.75, 3.05) is 38.2 Å². The van der Waals surface area contributed by atoms with Crippen LogP contribution in [0, 0.1) is 11.3 Å². The number of hydrogen-bond donors (Lipinski definition) is 3. The zero-order valence-electron chi connectivity index (χ0n) is 22.5. The molecule has 1 aromatic carbocycles. The standard InChI is InChI=1S/C29H33F3N6O2/c1-3-40-28(24-5-4-13-35-19-24)10-8-23(20-36-28)27(37-26(39)9-14-34-2)11-15-38(16-12-27)25-7-6-22(29(30,31)32)17-21(25)18-33/h4-8,10,13,17,19-20,34,36H,3,9,11-12,14-16H2,1-2H3,(H,37,39). The Bertz CT molecular complexity index is 1300. The summed E-state index contributed by atoms with van der Waals surface area (Å²) < 4.78 is 45.7. The van der Waals surface area contributed by atoms with E-state index < -0.39 is 23.0 Å². The Morgan fingerprint density at radius 1 is 1.27 bits per heavy atom. The number of alkyl halides is 3. The quantitative estimate of drug-likeness (QED) is 0.431. The van der Waals surface area contributed by atoms with Gasteiger partial charge in [0.25, 0.3) is 0 Å². The Labute approximate surface area is 231 Å². The molecule has 4 rings (SSSR count). The first kappa shape index (κ1) is 29.1. The molecule has 1 saturated heterocycles. The van der Waals surface area contributed by atoms with E-state index in [1.54, 1.807) is 19.4 Å². The number of pyridine rings is 1. The number of rotatable bonds is 9. The lowest BCUT2D eigenvalue weighted by molar-refractivity contribution is -0.137. The summed E-state index contributed by atoms with van der Waals surface area (Å²) in [5.74, 6) is -0.113. The van der Waals surface area contributed by atoms with Gasteiger partial charge in [0.15, 0.2) is 5.72 Å². The first-order valence-electron chi connectivity index (χ1n) is 13.2. The lowest BCUT2D eigenvalue weighted by Gasteiger charge is -2.46. The summed E-state index contributed by atoms with van der Waals surface area (Å²) in [5, 5.41) is 19.2. The van der Waals surface area contributed by atoms with Crippen molar-refractivity contribution in [1.82, 2.24) is 20.9 Å². The fourth-order valence-corrected chi connectivity index (χ4v) is 5.21. The Morgan fingerprint density at radius 3 is 2.62 bits per heavy atom. The van der Waals surface area contributed by atoms with Crippen molar-refractivity contribution in [2.45, 2.75) is 43.6 Å². The van der Waals surface area contributed by atoms with E-state index in [9.17, 15) is 23.2 Å². The Kier molecular flexibility index (Phi) is 8.81. The van der Waals surface area contributed by atoms with Crippen LogP contribution in [-0.4, -0.2) is 49.7 Å². The molecule has 2 aliphatic heterocycles. The first-order valence-corrected chi connectivity index (χ1v) is 13.2. The van der Waals surface area contributed by atoms with Crippen molar-refractivity contribution < 1.29 is 22.7 Å². The highest BCUT2D eigenvalue weighted by Crippen LogP contribution is 2.38. The van der Waals surface area contributed by atoms with E-state index in [4.69, 9.17) is 4.74 Å². The highest BCUT2D eigenvalue weighted by Gasteiger charge is 2.42. The average molecular weight is 555 g/mol. The van der Waals surface area contributed by atoms with E-state index in [-0.39, 0.29) is 11.5 Å². The number of carbonyl (C=O) groups excluding carboxylic acids is 1. The van der Waals surface area contributed by atoms with Crippen molar-refractivity contribution in [3.8, 4) is 6.07 Å². The molecule has 11 heteroatoms. The number of nitriles is 1. The zero-order valence-corrected chi connectivity index (χ0v) is 22.5. The van der Waals surface area contributed by atoms with E-state index in [0.29, 0.717) is 51.2 Å². The third kappa shape index (κ3) is 6.13. The molecule has 0 saturated carbocycles. The second-order valence-corrected chi connectivity index (χ2v) is 9.80. The Balaban J connectivity index is 1.60. The van der Waals surface area contributed by atoms with Crippen molar-refractivity contribution >= 4 is 11.6 Å². The fraction of sp³-hybridized carbons (Fsp3) is 0.414. The van der Waals surface area contributed by atoms with E-state index in [0.717, 1.165) is 23.3 Å². The van der Waals surface area contributed by atoms with Gasteiger partial charge in [-0.2, -0.15) is 18.4 Å². The predicted molar refractivity (Wildman–Crippen MR) is 145 cm³/mol. The molecule has 0 aliphatic carbocycles. The number of benzene rings is 1. The van der Waals surface area contributed by atoms with Crippen LogP contribution in [0.3, 0.4) is 0 Å². The molecular formula is C29H33F3N6O2. The molecule has 1 unspecified atom stereocenters. The molecule has 2 aromatic rings. The number of aromatic nitrogens is 1. The maximum Gasteiger partial charge on any atom is 0.416 e. The van der Waals surface area contributed by atoms with Gasteiger partial charge in [0.2, 0.25) is 5.91 Å². The van der Waals surface area contributed by atoms with Gasteiger partial charge < -0.3 is 25.6 Å². The van der Waals surface area contributed by atoms with Crippen LogP contribution in [0.4, 0.5) is 18.9 Å². The lowest BCUT2D eigenvalue weighted by Crippen LogP contribution is -2.57. The lowest BCUT2D eigenvalue weighted by atomic mass is 9.78. The number of carbonyl (C=O) groups is 1. The largest absolute Gasteiger partial charge is 0.416 e. The van der Waals surface area contributed by atoms with Crippen molar-refractivity contribution in [3.63, 3.8) is 0 Å². The highest BCUT2D eigenvalue weighted by molar-refractivity contribution is 5.78. The normalized spacial score (nSPS) is 20.3. The zero-order chi connectivity index (χ0) is 28.8. The predicted octanol–water partition coefficient (Wildman–Crippen LogP) is 3.97. The molecule has 3 N–H and O–H groups in total. The molecule has 40 heavy (non-hydrogen) atoms. The first-order chi connectivity index (χ1) is 19.2. The second-order valence-electron chi connectivity index (χ2n) is 9.80. The van der Waals surface area contributed by atoms with Crippen LogP contribution in [0.5, 0.6) is 0 Å². The summed E-state index contributed by atoms with van der Waals surface area (Å²) in [6.45, 7) is 3.73. The van der Waals surface area contributed by atoms with Gasteiger partial charge >= 0.3 is 6.18 Å². The molecule has 1 aromatic heterocycles. The number of anilines is 1. The van der Waals surface area contributed by atoms with Crippen molar-refractivity contribution in [2.24, 2.45) is 0 Å². The molecule has 3 heterocycles. The van der Waals surface area contributed by atoms with Crippen LogP contribution >= 0.6 is 0 Å². The minimum Gasteiger partial charge on any atom is -0.370 e. The number of halogens is 3. The molecule has 0 bridgehead atoms. The summed E-state index contributed by atoms with van der Waals surface area (Å²) in [6, 6.07) is 8.91. The van der Waals surface area contributed by atoms with Crippen LogP contribution in [0.25, 0.3) is 0 Å². The maximum atomic E-state index is 13.2. The van der Waals surface area contributed by atoms with E-state index >= 15 is 0 Å². The molecule has 0 spiro atoms. The minimum absolute atomic E-state index is 0.0307. The third-order valence-corrected chi connectivity index (χ3v) is 7.34. The minimum atomic E-state index is -4.53. The van der Waals surface area contributed by atoms with Crippen LogP contribution in [0.1, 0.15) is 42.9 Å². The summed E-state index contributed by atoms with van der Waals surface area (Å²) in [7, 11) is 1.78. The van der Waals surface area contributed by atoms with Gasteiger partial charge in [-0.25, -0.2) is 0 Å². The van der Waals surface area contributed by atoms with Gasteiger partial charge in [0, 0.05) is 56.8 Å². The number of ether oxygens (including phenoxy) is 1. The molecule has 2 aliphatic rings. The van der Waals surface area contributed by atoms with Crippen LogP contribution < -0.4 is 20.9 Å².